The number of hydrogen-bond acceptors (Lipinski definition) is 2. The normalized spacial score (nSPS) is 23.2. The molecule has 1 heterocycles. The second-order valence-corrected chi connectivity index (χ2v) is 5.72. The van der Waals surface area contributed by atoms with Crippen molar-refractivity contribution in [1.82, 2.24) is 0 Å². The van der Waals surface area contributed by atoms with Crippen LogP contribution in [0.2, 0.25) is 0 Å². The molecule has 2 atom stereocenters. The Bertz CT molecular complexity index is 542. The van der Waals surface area contributed by atoms with E-state index in [4.69, 9.17) is 5.11 Å². The molecule has 0 radical (unpaired) electrons. The van der Waals surface area contributed by atoms with Crippen LogP contribution in [0.25, 0.3) is 0 Å². The van der Waals surface area contributed by atoms with E-state index < -0.39 is 17.7 Å². The Kier molecular flexibility index (Phi) is 4.16. The summed E-state index contributed by atoms with van der Waals surface area (Å²) in [4.78, 5) is 12.6. The molecule has 1 aromatic carbocycles. The number of rotatable bonds is 2. The predicted octanol–water partition coefficient (Wildman–Crippen LogP) is 3.89. The first kappa shape index (κ1) is 15.7. The lowest BCUT2D eigenvalue weighted by molar-refractivity contribution is -0.137. The van der Waals surface area contributed by atoms with E-state index in [9.17, 15) is 18.0 Å². The number of aromatic carboxylic acids is 1. The quantitative estimate of drug-likeness (QED) is 0.901. The Morgan fingerprint density at radius 1 is 1.29 bits per heavy atom. The molecule has 1 aliphatic heterocycles. The number of alkyl halides is 3. The highest BCUT2D eigenvalue weighted by molar-refractivity contribution is 5.88. The fourth-order valence-corrected chi connectivity index (χ4v) is 2.65. The highest BCUT2D eigenvalue weighted by atomic mass is 19.4. The van der Waals surface area contributed by atoms with Crippen LogP contribution >= 0.6 is 0 Å². The van der Waals surface area contributed by atoms with E-state index in [-0.39, 0.29) is 11.3 Å². The van der Waals surface area contributed by atoms with Gasteiger partial charge in [-0.05, 0) is 36.5 Å². The standard InChI is InChI=1S/C15H18F3NO2/c1-9-5-6-19(8-10(9)2)13-4-3-11(14(20)21)7-12(13)15(16,17)18/h3-4,7,9-10H,5-6,8H2,1-2H3,(H,20,21). The van der Waals surface area contributed by atoms with E-state index >= 15 is 0 Å². The molecule has 1 aliphatic rings. The second-order valence-electron chi connectivity index (χ2n) is 5.72. The lowest BCUT2D eigenvalue weighted by Gasteiger charge is -2.38. The molecule has 0 saturated carbocycles. The number of benzene rings is 1. The molecular weight excluding hydrogens is 283 g/mol. The third-order valence-electron chi connectivity index (χ3n) is 4.22. The van der Waals surface area contributed by atoms with Crippen molar-refractivity contribution < 1.29 is 23.1 Å². The van der Waals surface area contributed by atoms with Crippen LogP contribution in [-0.2, 0) is 6.18 Å². The average molecular weight is 301 g/mol. The third-order valence-corrected chi connectivity index (χ3v) is 4.22. The van der Waals surface area contributed by atoms with Crippen LogP contribution in [0, 0.1) is 11.8 Å². The number of nitrogens with zero attached hydrogens (tertiary/aromatic N) is 1. The van der Waals surface area contributed by atoms with Gasteiger partial charge < -0.3 is 10.0 Å². The van der Waals surface area contributed by atoms with Crippen LogP contribution in [0.15, 0.2) is 18.2 Å². The Morgan fingerprint density at radius 3 is 2.48 bits per heavy atom. The number of halogens is 3. The molecule has 1 N–H and O–H groups in total. The summed E-state index contributed by atoms with van der Waals surface area (Å²) >= 11 is 0. The Balaban J connectivity index is 2.41. The van der Waals surface area contributed by atoms with Crippen molar-refractivity contribution in [3.8, 4) is 0 Å². The van der Waals surface area contributed by atoms with Crippen LogP contribution < -0.4 is 4.90 Å². The minimum Gasteiger partial charge on any atom is -0.478 e. The maximum Gasteiger partial charge on any atom is 0.418 e. The molecule has 0 bridgehead atoms. The first-order valence-electron chi connectivity index (χ1n) is 6.89. The van der Waals surface area contributed by atoms with Crippen molar-refractivity contribution in [1.29, 1.82) is 0 Å². The number of carbonyl (C=O) groups is 1. The lowest BCUT2D eigenvalue weighted by atomic mass is 9.88. The highest BCUT2D eigenvalue weighted by Crippen LogP contribution is 2.39. The van der Waals surface area contributed by atoms with Gasteiger partial charge in [-0.25, -0.2) is 4.79 Å². The molecule has 21 heavy (non-hydrogen) atoms. The molecule has 116 valence electrons. The fourth-order valence-electron chi connectivity index (χ4n) is 2.65. The van der Waals surface area contributed by atoms with Crippen LogP contribution in [0.4, 0.5) is 18.9 Å². The van der Waals surface area contributed by atoms with Gasteiger partial charge >= 0.3 is 12.1 Å². The largest absolute Gasteiger partial charge is 0.478 e. The number of anilines is 1. The average Bonchev–Trinajstić information content (AvgIpc) is 2.40. The lowest BCUT2D eigenvalue weighted by Crippen LogP contribution is -2.39. The van der Waals surface area contributed by atoms with Gasteiger partial charge in [0, 0.05) is 18.8 Å². The third kappa shape index (κ3) is 3.31. The molecule has 1 aromatic rings. The molecule has 6 heteroatoms. The molecule has 0 spiro atoms. The van der Waals surface area contributed by atoms with E-state index in [0.29, 0.717) is 24.9 Å². The van der Waals surface area contributed by atoms with Crippen molar-refractivity contribution in [2.24, 2.45) is 11.8 Å². The summed E-state index contributed by atoms with van der Waals surface area (Å²) in [5.41, 5.74) is -1.14. The molecule has 0 amide bonds. The van der Waals surface area contributed by atoms with Crippen molar-refractivity contribution in [3.05, 3.63) is 29.3 Å². The van der Waals surface area contributed by atoms with E-state index in [2.05, 4.69) is 6.92 Å². The molecule has 2 unspecified atom stereocenters. The van der Waals surface area contributed by atoms with Gasteiger partial charge in [0.05, 0.1) is 11.1 Å². The number of carboxylic acids is 1. The zero-order valence-electron chi connectivity index (χ0n) is 11.9. The summed E-state index contributed by atoms with van der Waals surface area (Å²) < 4.78 is 39.6. The van der Waals surface area contributed by atoms with Gasteiger partial charge in [-0.15, -0.1) is 0 Å². The van der Waals surface area contributed by atoms with Gasteiger partial charge in [-0.3, -0.25) is 0 Å². The van der Waals surface area contributed by atoms with Gasteiger partial charge in [0.25, 0.3) is 0 Å². The summed E-state index contributed by atoms with van der Waals surface area (Å²) in [5.74, 6) is -0.569. The second kappa shape index (κ2) is 5.58. The Labute approximate surface area is 121 Å². The maximum atomic E-state index is 13.2. The molecule has 0 aromatic heterocycles. The Morgan fingerprint density at radius 2 is 1.95 bits per heavy atom. The van der Waals surface area contributed by atoms with Crippen LogP contribution in [-0.4, -0.2) is 24.2 Å². The zero-order chi connectivity index (χ0) is 15.8. The van der Waals surface area contributed by atoms with Crippen LogP contribution in [0.3, 0.4) is 0 Å². The van der Waals surface area contributed by atoms with E-state index in [1.807, 2.05) is 6.92 Å². The SMILES string of the molecule is CC1CCN(c2ccc(C(=O)O)cc2C(F)(F)F)CC1C. The number of piperidine rings is 1. The first-order chi connectivity index (χ1) is 9.70. The van der Waals surface area contributed by atoms with Gasteiger partial charge in [0.2, 0.25) is 0 Å². The number of carboxylic acid groups (broad SMARTS) is 1. The van der Waals surface area contributed by atoms with E-state index in [0.717, 1.165) is 12.5 Å². The summed E-state index contributed by atoms with van der Waals surface area (Å²) in [6.07, 6.45) is -3.73. The highest BCUT2D eigenvalue weighted by Gasteiger charge is 2.36. The number of hydrogen-bond donors (Lipinski definition) is 1. The summed E-state index contributed by atoms with van der Waals surface area (Å²) in [7, 11) is 0. The molecule has 3 nitrogen and oxygen atoms in total. The van der Waals surface area contributed by atoms with Gasteiger partial charge in [-0.2, -0.15) is 13.2 Å². The van der Waals surface area contributed by atoms with Crippen LogP contribution in [0.5, 0.6) is 0 Å². The molecule has 1 saturated heterocycles. The molecule has 0 aliphatic carbocycles. The molecule has 2 rings (SSSR count). The topological polar surface area (TPSA) is 40.5 Å². The smallest absolute Gasteiger partial charge is 0.418 e. The first-order valence-corrected chi connectivity index (χ1v) is 6.89. The summed E-state index contributed by atoms with van der Waals surface area (Å²) in [6, 6.07) is 3.23. The fraction of sp³-hybridized carbons (Fsp3) is 0.533. The summed E-state index contributed by atoms with van der Waals surface area (Å²) in [6.45, 7) is 5.23. The molecule has 1 fully saturated rings. The summed E-state index contributed by atoms with van der Waals surface area (Å²) in [5, 5.41) is 8.87. The minimum absolute atomic E-state index is 0.0752. The van der Waals surface area contributed by atoms with Gasteiger partial charge in [0.1, 0.15) is 0 Å². The van der Waals surface area contributed by atoms with Crippen LogP contribution in [0.1, 0.15) is 36.2 Å². The van der Waals surface area contributed by atoms with Gasteiger partial charge in [-0.1, -0.05) is 13.8 Å². The van der Waals surface area contributed by atoms with Crippen molar-refractivity contribution >= 4 is 11.7 Å². The van der Waals surface area contributed by atoms with Gasteiger partial charge in [0.15, 0.2) is 0 Å². The molecular formula is C15H18F3NO2. The predicted molar refractivity (Wildman–Crippen MR) is 73.6 cm³/mol. The van der Waals surface area contributed by atoms with Crippen molar-refractivity contribution in [2.75, 3.05) is 18.0 Å². The Hall–Kier alpha value is -1.72. The van der Waals surface area contributed by atoms with Crippen molar-refractivity contribution in [2.45, 2.75) is 26.4 Å². The zero-order valence-corrected chi connectivity index (χ0v) is 11.9. The van der Waals surface area contributed by atoms with E-state index in [1.165, 1.54) is 12.1 Å². The maximum absolute atomic E-state index is 13.2. The monoisotopic (exact) mass is 301 g/mol. The van der Waals surface area contributed by atoms with Crippen molar-refractivity contribution in [3.63, 3.8) is 0 Å². The van der Waals surface area contributed by atoms with E-state index in [1.54, 1.807) is 4.90 Å². The minimum atomic E-state index is -4.56.